The Labute approximate surface area is 113 Å². The molecule has 4 N–H and O–H groups in total. The van der Waals surface area contributed by atoms with Crippen molar-refractivity contribution in [2.24, 2.45) is 5.73 Å². The normalized spacial score (nSPS) is 11.9. The lowest BCUT2D eigenvalue weighted by molar-refractivity contribution is 0.139. The third kappa shape index (κ3) is 8.18. The SMILES string of the molecule is NC(O)CCCCCNC(=O)OCc1ccccc1. The van der Waals surface area contributed by atoms with E-state index in [-0.39, 0.29) is 6.61 Å². The zero-order valence-corrected chi connectivity index (χ0v) is 11.0. The number of aliphatic hydroxyl groups excluding tert-OH is 1. The fourth-order valence-electron chi connectivity index (χ4n) is 1.62. The average Bonchev–Trinajstić information content (AvgIpc) is 2.41. The number of hydrogen-bond acceptors (Lipinski definition) is 4. The van der Waals surface area contributed by atoms with E-state index in [0.717, 1.165) is 24.8 Å². The highest BCUT2D eigenvalue weighted by Crippen LogP contribution is 2.01. The van der Waals surface area contributed by atoms with Crippen LogP contribution in [0.4, 0.5) is 4.79 Å². The van der Waals surface area contributed by atoms with E-state index in [1.807, 2.05) is 30.3 Å². The van der Waals surface area contributed by atoms with Crippen molar-refractivity contribution in [2.75, 3.05) is 6.54 Å². The molecule has 0 saturated carbocycles. The summed E-state index contributed by atoms with van der Waals surface area (Å²) in [6, 6.07) is 9.55. The number of nitrogens with one attached hydrogen (secondary N) is 1. The molecule has 5 heteroatoms. The van der Waals surface area contributed by atoms with Crippen LogP contribution in [0.15, 0.2) is 30.3 Å². The number of nitrogens with two attached hydrogens (primary N) is 1. The summed E-state index contributed by atoms with van der Waals surface area (Å²) >= 11 is 0. The Hall–Kier alpha value is -1.59. The van der Waals surface area contributed by atoms with Gasteiger partial charge < -0.3 is 20.9 Å². The molecule has 1 aromatic rings. The van der Waals surface area contributed by atoms with E-state index in [1.54, 1.807) is 0 Å². The molecular formula is C14H22N2O3. The smallest absolute Gasteiger partial charge is 0.407 e. The maximum Gasteiger partial charge on any atom is 0.407 e. The first-order valence-corrected chi connectivity index (χ1v) is 6.56. The minimum absolute atomic E-state index is 0.284. The molecule has 0 saturated heterocycles. The highest BCUT2D eigenvalue weighted by Gasteiger charge is 2.01. The molecule has 0 aliphatic rings. The average molecular weight is 266 g/mol. The Morgan fingerprint density at radius 3 is 2.68 bits per heavy atom. The van der Waals surface area contributed by atoms with E-state index in [9.17, 15) is 4.79 Å². The molecule has 106 valence electrons. The summed E-state index contributed by atoms with van der Waals surface area (Å²) < 4.78 is 5.06. The van der Waals surface area contributed by atoms with Gasteiger partial charge in [0.2, 0.25) is 0 Å². The summed E-state index contributed by atoms with van der Waals surface area (Å²) in [6.07, 6.45) is 2.10. The van der Waals surface area contributed by atoms with Crippen LogP contribution in [-0.4, -0.2) is 24.0 Å². The minimum atomic E-state index is -0.733. The lowest BCUT2D eigenvalue weighted by Crippen LogP contribution is -2.25. The number of ether oxygens (including phenoxy) is 1. The van der Waals surface area contributed by atoms with E-state index in [1.165, 1.54) is 0 Å². The van der Waals surface area contributed by atoms with Gasteiger partial charge in [0.15, 0.2) is 0 Å². The van der Waals surface area contributed by atoms with Gasteiger partial charge in [-0.2, -0.15) is 0 Å². The van der Waals surface area contributed by atoms with E-state index in [4.69, 9.17) is 15.6 Å². The van der Waals surface area contributed by atoms with Crippen molar-refractivity contribution in [3.8, 4) is 0 Å². The topological polar surface area (TPSA) is 84.6 Å². The van der Waals surface area contributed by atoms with E-state index >= 15 is 0 Å². The van der Waals surface area contributed by atoms with Crippen molar-refractivity contribution in [1.82, 2.24) is 5.32 Å². The predicted octanol–water partition coefficient (Wildman–Crippen LogP) is 1.75. The Morgan fingerprint density at radius 2 is 2.00 bits per heavy atom. The summed E-state index contributed by atoms with van der Waals surface area (Å²) in [5.41, 5.74) is 6.18. The van der Waals surface area contributed by atoms with Crippen LogP contribution in [0.1, 0.15) is 31.2 Å². The van der Waals surface area contributed by atoms with Gasteiger partial charge >= 0.3 is 6.09 Å². The number of unbranched alkanes of at least 4 members (excludes halogenated alkanes) is 2. The van der Waals surface area contributed by atoms with Crippen molar-refractivity contribution in [3.05, 3.63) is 35.9 Å². The quantitative estimate of drug-likeness (QED) is 0.494. The molecule has 0 fully saturated rings. The second-order valence-corrected chi connectivity index (χ2v) is 4.41. The molecular weight excluding hydrogens is 244 g/mol. The molecule has 0 spiro atoms. The Balaban J connectivity index is 1.99. The van der Waals surface area contributed by atoms with Gasteiger partial charge in [0.25, 0.3) is 0 Å². The molecule has 19 heavy (non-hydrogen) atoms. The lowest BCUT2D eigenvalue weighted by Gasteiger charge is -2.07. The predicted molar refractivity (Wildman–Crippen MR) is 73.3 cm³/mol. The Morgan fingerprint density at radius 1 is 1.26 bits per heavy atom. The standard InChI is InChI=1S/C14H22N2O3/c15-13(17)9-5-2-6-10-16-14(18)19-11-12-7-3-1-4-8-12/h1,3-4,7-8,13,17H,2,5-6,9-11,15H2,(H,16,18). The van der Waals surface area contributed by atoms with Crippen LogP contribution in [0.5, 0.6) is 0 Å². The highest BCUT2D eigenvalue weighted by atomic mass is 16.5. The Bertz CT molecular complexity index is 355. The van der Waals surface area contributed by atoms with E-state index in [2.05, 4.69) is 5.32 Å². The van der Waals surface area contributed by atoms with Crippen molar-refractivity contribution >= 4 is 6.09 Å². The van der Waals surface area contributed by atoms with Crippen LogP contribution in [-0.2, 0) is 11.3 Å². The number of aliphatic hydroxyl groups is 1. The van der Waals surface area contributed by atoms with Crippen molar-refractivity contribution in [2.45, 2.75) is 38.5 Å². The number of carbonyl (C=O) groups is 1. The monoisotopic (exact) mass is 266 g/mol. The van der Waals surface area contributed by atoms with Crippen LogP contribution < -0.4 is 11.1 Å². The molecule has 1 amide bonds. The molecule has 1 rings (SSSR count). The van der Waals surface area contributed by atoms with Gasteiger partial charge in [0, 0.05) is 6.54 Å². The first-order chi connectivity index (χ1) is 9.18. The zero-order chi connectivity index (χ0) is 13.9. The molecule has 0 heterocycles. The van der Waals surface area contributed by atoms with Gasteiger partial charge in [0.05, 0.1) is 0 Å². The largest absolute Gasteiger partial charge is 0.445 e. The summed E-state index contributed by atoms with van der Waals surface area (Å²) in [6.45, 7) is 0.861. The highest BCUT2D eigenvalue weighted by molar-refractivity contribution is 5.67. The molecule has 1 aromatic carbocycles. The van der Waals surface area contributed by atoms with Crippen molar-refractivity contribution in [1.29, 1.82) is 0 Å². The molecule has 0 aliphatic heterocycles. The number of hydrogen-bond donors (Lipinski definition) is 3. The van der Waals surface area contributed by atoms with Crippen LogP contribution in [0.25, 0.3) is 0 Å². The molecule has 0 aliphatic carbocycles. The molecule has 5 nitrogen and oxygen atoms in total. The van der Waals surface area contributed by atoms with Gasteiger partial charge in [-0.05, 0) is 24.8 Å². The van der Waals surface area contributed by atoms with E-state index < -0.39 is 12.3 Å². The van der Waals surface area contributed by atoms with Crippen molar-refractivity contribution < 1.29 is 14.6 Å². The number of benzene rings is 1. The zero-order valence-electron chi connectivity index (χ0n) is 11.0. The maximum absolute atomic E-state index is 11.4. The second kappa shape index (κ2) is 9.35. The fourth-order valence-corrected chi connectivity index (χ4v) is 1.62. The lowest BCUT2D eigenvalue weighted by atomic mass is 10.2. The van der Waals surface area contributed by atoms with Gasteiger partial charge in [-0.3, -0.25) is 0 Å². The third-order valence-electron chi connectivity index (χ3n) is 2.66. The van der Waals surface area contributed by atoms with Gasteiger partial charge in [-0.1, -0.05) is 36.8 Å². The molecule has 0 bridgehead atoms. The first-order valence-electron chi connectivity index (χ1n) is 6.56. The minimum Gasteiger partial charge on any atom is -0.445 e. The first kappa shape index (κ1) is 15.5. The van der Waals surface area contributed by atoms with Crippen LogP contribution in [0.2, 0.25) is 0 Å². The third-order valence-corrected chi connectivity index (χ3v) is 2.66. The second-order valence-electron chi connectivity index (χ2n) is 4.41. The molecule has 0 aromatic heterocycles. The number of amides is 1. The molecule has 1 atom stereocenters. The molecule has 1 unspecified atom stereocenters. The van der Waals surface area contributed by atoms with Crippen molar-refractivity contribution in [3.63, 3.8) is 0 Å². The Kier molecular flexibility index (Phi) is 7.62. The number of carbonyl (C=O) groups excluding carboxylic acids is 1. The van der Waals surface area contributed by atoms with Gasteiger partial charge in [0.1, 0.15) is 12.8 Å². The summed E-state index contributed by atoms with van der Waals surface area (Å²) in [5, 5.41) is 11.5. The van der Waals surface area contributed by atoms with Crippen LogP contribution in [0, 0.1) is 0 Å². The maximum atomic E-state index is 11.4. The van der Waals surface area contributed by atoms with E-state index in [0.29, 0.717) is 13.0 Å². The number of alkyl carbamates (subject to hydrolysis) is 1. The number of rotatable bonds is 8. The summed E-state index contributed by atoms with van der Waals surface area (Å²) in [4.78, 5) is 11.4. The summed E-state index contributed by atoms with van der Waals surface area (Å²) in [5.74, 6) is 0. The summed E-state index contributed by atoms with van der Waals surface area (Å²) in [7, 11) is 0. The van der Waals surface area contributed by atoms with Crippen LogP contribution >= 0.6 is 0 Å². The van der Waals surface area contributed by atoms with Gasteiger partial charge in [-0.25, -0.2) is 4.79 Å². The fraction of sp³-hybridized carbons (Fsp3) is 0.500. The van der Waals surface area contributed by atoms with Gasteiger partial charge in [-0.15, -0.1) is 0 Å². The van der Waals surface area contributed by atoms with Crippen LogP contribution in [0.3, 0.4) is 0 Å². The molecule has 0 radical (unpaired) electrons.